The number of carbonyl (C=O) groups excluding carboxylic acids is 1. The van der Waals surface area contributed by atoms with Gasteiger partial charge in [0.15, 0.2) is 11.5 Å². The van der Waals surface area contributed by atoms with E-state index in [9.17, 15) is 9.90 Å². The Morgan fingerprint density at radius 1 is 1.46 bits per heavy atom. The molecule has 5 nitrogen and oxygen atoms in total. The van der Waals surface area contributed by atoms with Crippen LogP contribution in [0.3, 0.4) is 0 Å². The summed E-state index contributed by atoms with van der Waals surface area (Å²) in [6.45, 7) is -1.70. The molecule has 0 spiro atoms. The molecule has 0 aliphatic carbocycles. The highest BCUT2D eigenvalue weighted by Gasteiger charge is 2.40. The molecule has 1 aromatic carbocycles. The smallest absolute Gasteiger partial charge is 0.161 e. The normalized spacial score (nSPS) is 32.9. The number of ketones is 1. The van der Waals surface area contributed by atoms with E-state index in [2.05, 4.69) is 0 Å². The van der Waals surface area contributed by atoms with Crippen molar-refractivity contribution in [2.45, 2.75) is 44.6 Å². The lowest BCUT2D eigenvalue weighted by Gasteiger charge is -2.44. The lowest BCUT2D eigenvalue weighted by atomic mass is 9.79. The molecule has 1 aromatic rings. The molecular weight excluding hydrogens is 306 g/mol. The Hall–Kier alpha value is -1.59. The number of rotatable bonds is 4. The van der Waals surface area contributed by atoms with Gasteiger partial charge in [-0.3, -0.25) is 9.69 Å². The molecule has 2 heterocycles. The Labute approximate surface area is 154 Å². The Morgan fingerprint density at radius 3 is 2.96 bits per heavy atom. The molecule has 2 aliphatic heterocycles. The van der Waals surface area contributed by atoms with Crippen molar-refractivity contribution in [3.63, 3.8) is 0 Å². The molecule has 0 amide bonds. The van der Waals surface area contributed by atoms with E-state index < -0.39 is 43.6 Å². The molecule has 1 saturated heterocycles. The number of aliphatic hydroxyl groups is 1. The first-order chi connectivity index (χ1) is 14.5. The third-order valence-electron chi connectivity index (χ3n) is 4.66. The minimum atomic E-state index is -3.01. The predicted molar refractivity (Wildman–Crippen MR) is 91.6 cm³/mol. The minimum absolute atomic E-state index is 0.0170. The van der Waals surface area contributed by atoms with Crippen LogP contribution >= 0.6 is 0 Å². The fourth-order valence-corrected chi connectivity index (χ4v) is 3.59. The largest absolute Gasteiger partial charge is 0.493 e. The number of fused-ring (bicyclic) bond motifs is 3. The van der Waals surface area contributed by atoms with Crippen molar-refractivity contribution in [3.05, 3.63) is 23.3 Å². The van der Waals surface area contributed by atoms with E-state index in [-0.39, 0.29) is 24.5 Å². The maximum Gasteiger partial charge on any atom is 0.161 e. The second kappa shape index (κ2) is 6.37. The van der Waals surface area contributed by atoms with Gasteiger partial charge in [-0.1, -0.05) is 0 Å². The Balaban J connectivity index is 1.95. The molecular formula is C19H27NO4. The van der Waals surface area contributed by atoms with Crippen LogP contribution in [-0.2, 0) is 11.2 Å². The summed E-state index contributed by atoms with van der Waals surface area (Å²) in [5, 5.41) is 10.5. The van der Waals surface area contributed by atoms with Crippen molar-refractivity contribution in [2.75, 3.05) is 27.2 Å². The van der Waals surface area contributed by atoms with E-state index in [0.717, 1.165) is 12.5 Å². The van der Waals surface area contributed by atoms with Crippen molar-refractivity contribution in [1.82, 2.24) is 4.90 Å². The number of piperidine rings is 1. The maximum absolute atomic E-state index is 13.0. The van der Waals surface area contributed by atoms with E-state index in [0.29, 0.717) is 18.5 Å². The number of hydrogen-bond donors (Lipinski definition) is 1. The van der Waals surface area contributed by atoms with Crippen LogP contribution in [0.4, 0.5) is 0 Å². The monoisotopic (exact) mass is 341 g/mol. The number of carbonyl (C=O) groups is 1. The fraction of sp³-hybridized carbons (Fsp3) is 0.632. The zero-order valence-corrected chi connectivity index (χ0v) is 13.8. The average molecular weight is 341 g/mol. The summed E-state index contributed by atoms with van der Waals surface area (Å²) in [5.41, 5.74) is -1.16. The first-order valence-electron chi connectivity index (χ1n) is 11.9. The number of Topliss-reactive ketones (excluding diaryl/α,β-unsaturated/α-hetero) is 1. The summed E-state index contributed by atoms with van der Waals surface area (Å²) in [7, 11) is -1.29. The molecule has 3 rings (SSSR count). The van der Waals surface area contributed by atoms with Crippen LogP contribution in [0.2, 0.25) is 0 Å². The summed E-state index contributed by atoms with van der Waals surface area (Å²) in [5.74, 6) is -1.54. The van der Waals surface area contributed by atoms with Crippen molar-refractivity contribution < 1.29 is 30.3 Å². The van der Waals surface area contributed by atoms with Gasteiger partial charge in [0.1, 0.15) is 5.78 Å². The minimum Gasteiger partial charge on any atom is -0.493 e. The van der Waals surface area contributed by atoms with Gasteiger partial charge in [0.05, 0.1) is 23.9 Å². The van der Waals surface area contributed by atoms with Crippen LogP contribution < -0.4 is 9.47 Å². The zero-order chi connectivity index (χ0) is 24.3. The molecule has 2 aliphatic rings. The van der Waals surface area contributed by atoms with Gasteiger partial charge in [0.25, 0.3) is 0 Å². The third kappa shape index (κ3) is 3.28. The van der Waals surface area contributed by atoms with Crippen LogP contribution in [0.5, 0.6) is 11.5 Å². The molecule has 0 aromatic heterocycles. The van der Waals surface area contributed by atoms with Crippen LogP contribution in [0, 0.1) is 5.92 Å². The van der Waals surface area contributed by atoms with E-state index in [1.165, 1.54) is 13.2 Å². The summed E-state index contributed by atoms with van der Waals surface area (Å²) in [6, 6.07) is 2.78. The lowest BCUT2D eigenvalue weighted by Crippen LogP contribution is -2.47. The standard InChI is InChI=1S/C19H27NO4/c1-19(2,22)10-13-11-20-6-5-12-7-17(23-3)18(24-4)8-14(12)15(20)9-16(13)21/h7-8,13,15,22H,5-6,9-11H2,1-4H3/t13-,15-/m0/s1/i1D3,4D3,10D2/t13-,15-,19?. The number of methoxy groups -OCH3 is 2. The van der Waals surface area contributed by atoms with Gasteiger partial charge >= 0.3 is 0 Å². The highest BCUT2D eigenvalue weighted by atomic mass is 16.5. The molecule has 3 atom stereocenters. The van der Waals surface area contributed by atoms with Gasteiger partial charge < -0.3 is 14.6 Å². The van der Waals surface area contributed by atoms with E-state index >= 15 is 0 Å². The SMILES string of the molecule is [2H]C([2H])([2H])Oc1cc2c(cc1OC)CCN1C[C@H](C([2H])([2H])C(C)(O)C([2H])([2H])[2H])C(=O)C[C@@H]21. The van der Waals surface area contributed by atoms with Crippen LogP contribution in [0.1, 0.15) is 54.7 Å². The molecule has 24 heavy (non-hydrogen) atoms. The van der Waals surface area contributed by atoms with Crippen molar-refractivity contribution in [3.8, 4) is 11.5 Å². The Kier molecular flexibility index (Phi) is 2.60. The summed E-state index contributed by atoms with van der Waals surface area (Å²) in [6.07, 6.45) is -2.25. The van der Waals surface area contributed by atoms with Crippen molar-refractivity contribution in [2.24, 2.45) is 5.92 Å². The van der Waals surface area contributed by atoms with Gasteiger partial charge in [-0.25, -0.2) is 0 Å². The van der Waals surface area contributed by atoms with E-state index in [4.69, 9.17) is 20.4 Å². The number of ether oxygens (including phenoxy) is 2. The molecule has 0 radical (unpaired) electrons. The lowest BCUT2D eigenvalue weighted by molar-refractivity contribution is -0.131. The van der Waals surface area contributed by atoms with Crippen LogP contribution in [-0.4, -0.2) is 48.6 Å². The van der Waals surface area contributed by atoms with E-state index in [1.54, 1.807) is 6.07 Å². The summed E-state index contributed by atoms with van der Waals surface area (Å²) >= 11 is 0. The predicted octanol–water partition coefficient (Wildman–Crippen LogP) is 2.35. The first kappa shape index (κ1) is 9.78. The third-order valence-corrected chi connectivity index (χ3v) is 4.66. The number of benzene rings is 1. The van der Waals surface area contributed by atoms with Gasteiger partial charge in [-0.2, -0.15) is 0 Å². The maximum atomic E-state index is 13.0. The van der Waals surface area contributed by atoms with Gasteiger partial charge in [-0.15, -0.1) is 0 Å². The van der Waals surface area contributed by atoms with Gasteiger partial charge in [0, 0.05) is 38.3 Å². The second-order valence-electron chi connectivity index (χ2n) is 6.50. The van der Waals surface area contributed by atoms with E-state index in [1.807, 2.05) is 4.90 Å². The highest BCUT2D eigenvalue weighted by molar-refractivity contribution is 5.83. The topological polar surface area (TPSA) is 59.0 Å². The molecule has 132 valence electrons. The quantitative estimate of drug-likeness (QED) is 0.911. The molecule has 5 heteroatoms. The molecule has 1 N–H and O–H groups in total. The summed E-state index contributed by atoms with van der Waals surface area (Å²) in [4.78, 5) is 14.9. The Morgan fingerprint density at radius 2 is 2.25 bits per heavy atom. The average Bonchev–Trinajstić information content (AvgIpc) is 2.64. The fourth-order valence-electron chi connectivity index (χ4n) is 3.59. The second-order valence-corrected chi connectivity index (χ2v) is 6.50. The zero-order valence-electron chi connectivity index (χ0n) is 21.8. The van der Waals surface area contributed by atoms with Gasteiger partial charge in [-0.05, 0) is 49.8 Å². The number of hydrogen-bond acceptors (Lipinski definition) is 5. The molecule has 0 bridgehead atoms. The van der Waals surface area contributed by atoms with Crippen molar-refractivity contribution in [1.29, 1.82) is 0 Å². The van der Waals surface area contributed by atoms with Crippen LogP contribution in [0.15, 0.2) is 12.1 Å². The molecule has 1 fully saturated rings. The number of nitrogens with zero attached hydrogens (tertiary/aromatic N) is 1. The molecule has 0 saturated carbocycles. The highest BCUT2D eigenvalue weighted by Crippen LogP contribution is 2.42. The first-order valence-corrected chi connectivity index (χ1v) is 7.88. The Bertz CT molecular complexity index is 897. The van der Waals surface area contributed by atoms with Crippen LogP contribution in [0.25, 0.3) is 0 Å². The van der Waals surface area contributed by atoms with Gasteiger partial charge in [0.2, 0.25) is 0 Å². The molecule has 1 unspecified atom stereocenters. The summed E-state index contributed by atoms with van der Waals surface area (Å²) < 4.78 is 71.8. The van der Waals surface area contributed by atoms with Crippen molar-refractivity contribution >= 4 is 5.78 Å².